The molecule has 3 rings (SSSR count). The molecule has 0 saturated carbocycles. The number of nitrogens with zero attached hydrogens (tertiary/aromatic N) is 3. The Bertz CT molecular complexity index is 1130. The van der Waals surface area contributed by atoms with Gasteiger partial charge in [-0.05, 0) is 64.0 Å². The molecule has 5 nitrogen and oxygen atoms in total. The molecule has 6 heteroatoms. The Balaban J connectivity index is 1.97. The minimum Gasteiger partial charge on any atom is -0.318 e. The van der Waals surface area contributed by atoms with Crippen LogP contribution in [0.2, 0.25) is 0 Å². The zero-order chi connectivity index (χ0) is 20.4. The fraction of sp³-hybridized carbons (Fsp3) is 0.227. The third kappa shape index (κ3) is 3.90. The number of thiazole rings is 1. The Hall–Kier alpha value is -3.17. The minimum absolute atomic E-state index is 0.0498. The molecule has 0 aliphatic heterocycles. The number of benzene rings is 1. The summed E-state index contributed by atoms with van der Waals surface area (Å²) in [6, 6.07) is 10.3. The van der Waals surface area contributed by atoms with E-state index in [1.165, 1.54) is 22.5 Å². The number of nitrogens with one attached hydrogen (secondary N) is 1. The second-order valence-electron chi connectivity index (χ2n) is 6.85. The van der Waals surface area contributed by atoms with Gasteiger partial charge in [0.25, 0.3) is 5.91 Å². The maximum Gasteiger partial charge on any atom is 0.268 e. The number of anilines is 1. The second kappa shape index (κ2) is 7.83. The van der Waals surface area contributed by atoms with Crippen molar-refractivity contribution < 1.29 is 4.79 Å². The molecular formula is C22H22N4OS. The summed E-state index contributed by atoms with van der Waals surface area (Å²) in [6.07, 6.45) is 3.33. The normalized spacial score (nSPS) is 11.4. The van der Waals surface area contributed by atoms with E-state index in [1.807, 2.05) is 32.9 Å². The Kier molecular flexibility index (Phi) is 5.48. The van der Waals surface area contributed by atoms with Crippen molar-refractivity contribution >= 4 is 28.5 Å². The van der Waals surface area contributed by atoms with Crippen LogP contribution in [0.3, 0.4) is 0 Å². The molecule has 0 atom stereocenters. The number of aryl methyl sites for hydroxylation is 4. The summed E-state index contributed by atoms with van der Waals surface area (Å²) >= 11 is 1.38. The van der Waals surface area contributed by atoms with Crippen LogP contribution in [-0.4, -0.2) is 15.5 Å². The van der Waals surface area contributed by atoms with Crippen LogP contribution < -0.4 is 5.32 Å². The van der Waals surface area contributed by atoms with Crippen LogP contribution in [0.25, 0.3) is 11.8 Å². The van der Waals surface area contributed by atoms with Crippen molar-refractivity contribution in [3.63, 3.8) is 0 Å². The highest BCUT2D eigenvalue weighted by Gasteiger charge is 2.15. The van der Waals surface area contributed by atoms with Crippen LogP contribution in [0, 0.1) is 45.9 Å². The average molecular weight is 391 g/mol. The summed E-state index contributed by atoms with van der Waals surface area (Å²) in [5.41, 5.74) is 6.41. The van der Waals surface area contributed by atoms with Gasteiger partial charge in [-0.15, -0.1) is 11.3 Å². The molecule has 0 aliphatic rings. The highest BCUT2D eigenvalue weighted by molar-refractivity contribution is 7.15. The Labute approximate surface area is 169 Å². The van der Waals surface area contributed by atoms with E-state index in [1.54, 1.807) is 12.3 Å². The second-order valence-corrected chi connectivity index (χ2v) is 8.09. The fourth-order valence-electron chi connectivity index (χ4n) is 3.24. The SMILES string of the molecule is Cc1ccc(-n2c(C)cc(/C=C(/C#N)C(=O)Nc3ncc(C)s3)c2C)c(C)c1. The first-order valence-corrected chi connectivity index (χ1v) is 9.74. The monoisotopic (exact) mass is 390 g/mol. The van der Waals surface area contributed by atoms with Crippen LogP contribution in [0.5, 0.6) is 0 Å². The van der Waals surface area contributed by atoms with Crippen LogP contribution in [0.4, 0.5) is 5.13 Å². The molecule has 2 heterocycles. The van der Waals surface area contributed by atoms with Gasteiger partial charge in [-0.25, -0.2) is 4.98 Å². The van der Waals surface area contributed by atoms with E-state index in [-0.39, 0.29) is 5.57 Å². The van der Waals surface area contributed by atoms with Crippen LogP contribution in [0.1, 0.15) is 33.0 Å². The number of hydrogen-bond donors (Lipinski definition) is 1. The summed E-state index contributed by atoms with van der Waals surface area (Å²) in [7, 11) is 0. The lowest BCUT2D eigenvalue weighted by Gasteiger charge is -2.13. The summed E-state index contributed by atoms with van der Waals surface area (Å²) in [5.74, 6) is -0.451. The van der Waals surface area contributed by atoms with Gasteiger partial charge in [-0.2, -0.15) is 5.26 Å². The summed E-state index contributed by atoms with van der Waals surface area (Å²) in [5, 5.41) is 12.7. The number of carbonyl (C=O) groups excluding carboxylic acids is 1. The van der Waals surface area contributed by atoms with Crippen molar-refractivity contribution in [2.24, 2.45) is 0 Å². The van der Waals surface area contributed by atoms with Crippen molar-refractivity contribution in [3.05, 3.63) is 69.0 Å². The van der Waals surface area contributed by atoms with Crippen molar-refractivity contribution in [2.45, 2.75) is 34.6 Å². The Morgan fingerprint density at radius 2 is 1.96 bits per heavy atom. The zero-order valence-corrected chi connectivity index (χ0v) is 17.4. The first-order chi connectivity index (χ1) is 13.3. The van der Waals surface area contributed by atoms with Gasteiger partial charge >= 0.3 is 0 Å². The van der Waals surface area contributed by atoms with Gasteiger partial charge in [0, 0.05) is 28.1 Å². The van der Waals surface area contributed by atoms with Gasteiger partial charge in [0.2, 0.25) is 0 Å². The quantitative estimate of drug-likeness (QED) is 0.502. The van der Waals surface area contributed by atoms with E-state index in [0.717, 1.165) is 27.5 Å². The molecule has 1 amide bonds. The number of nitriles is 1. The van der Waals surface area contributed by atoms with E-state index in [0.29, 0.717) is 5.13 Å². The predicted molar refractivity (Wildman–Crippen MR) is 114 cm³/mol. The number of hydrogen-bond acceptors (Lipinski definition) is 4. The highest BCUT2D eigenvalue weighted by Crippen LogP contribution is 2.26. The van der Waals surface area contributed by atoms with Crippen LogP contribution in [-0.2, 0) is 4.79 Å². The minimum atomic E-state index is -0.451. The van der Waals surface area contributed by atoms with Gasteiger partial charge in [0.15, 0.2) is 5.13 Å². The molecule has 0 saturated heterocycles. The van der Waals surface area contributed by atoms with Gasteiger partial charge in [0.05, 0.1) is 0 Å². The van der Waals surface area contributed by atoms with E-state index in [4.69, 9.17) is 0 Å². The fourth-order valence-corrected chi connectivity index (χ4v) is 3.90. The van der Waals surface area contributed by atoms with E-state index < -0.39 is 5.91 Å². The topological polar surface area (TPSA) is 70.7 Å². The summed E-state index contributed by atoms with van der Waals surface area (Å²) in [4.78, 5) is 17.6. The van der Waals surface area contributed by atoms with Crippen molar-refractivity contribution in [1.82, 2.24) is 9.55 Å². The lowest BCUT2D eigenvalue weighted by molar-refractivity contribution is -0.112. The smallest absolute Gasteiger partial charge is 0.268 e. The molecule has 142 valence electrons. The van der Waals surface area contributed by atoms with Crippen molar-refractivity contribution in [2.75, 3.05) is 5.32 Å². The predicted octanol–water partition coefficient (Wildman–Crippen LogP) is 5.02. The van der Waals surface area contributed by atoms with E-state index in [2.05, 4.69) is 46.9 Å². The maximum atomic E-state index is 12.5. The molecule has 28 heavy (non-hydrogen) atoms. The summed E-state index contributed by atoms with van der Waals surface area (Å²) in [6.45, 7) is 10.1. The number of carbonyl (C=O) groups is 1. The molecule has 2 aromatic heterocycles. The largest absolute Gasteiger partial charge is 0.318 e. The molecule has 3 aromatic rings. The molecule has 0 bridgehead atoms. The molecule has 0 fully saturated rings. The number of aromatic nitrogens is 2. The van der Waals surface area contributed by atoms with Gasteiger partial charge in [-0.1, -0.05) is 17.7 Å². The molecule has 1 N–H and O–H groups in total. The van der Waals surface area contributed by atoms with Crippen molar-refractivity contribution in [3.8, 4) is 11.8 Å². The lowest BCUT2D eigenvalue weighted by Crippen LogP contribution is -2.13. The third-order valence-corrected chi connectivity index (χ3v) is 5.40. The first-order valence-electron chi connectivity index (χ1n) is 8.92. The average Bonchev–Trinajstić information content (AvgIpc) is 3.16. The number of amides is 1. The standard InChI is InChI=1S/C22H22N4OS/c1-13-6-7-20(14(2)8-13)26-15(3)9-18(17(26)5)10-19(11-23)21(27)25-22-24-12-16(4)28-22/h6-10,12H,1-5H3,(H,24,25,27)/b19-10-. The highest BCUT2D eigenvalue weighted by atomic mass is 32.1. The molecule has 0 aliphatic carbocycles. The lowest BCUT2D eigenvalue weighted by atomic mass is 10.1. The van der Waals surface area contributed by atoms with Gasteiger partial charge in [0.1, 0.15) is 11.6 Å². The maximum absolute atomic E-state index is 12.5. The third-order valence-electron chi connectivity index (χ3n) is 4.57. The van der Waals surface area contributed by atoms with Crippen LogP contribution >= 0.6 is 11.3 Å². The summed E-state index contributed by atoms with van der Waals surface area (Å²) < 4.78 is 2.15. The molecule has 1 aromatic carbocycles. The van der Waals surface area contributed by atoms with E-state index in [9.17, 15) is 10.1 Å². The molecular weight excluding hydrogens is 368 g/mol. The van der Waals surface area contributed by atoms with Crippen LogP contribution in [0.15, 0.2) is 36.0 Å². The molecule has 0 radical (unpaired) electrons. The van der Waals surface area contributed by atoms with Gasteiger partial charge < -0.3 is 4.57 Å². The van der Waals surface area contributed by atoms with Gasteiger partial charge in [-0.3, -0.25) is 10.1 Å². The number of rotatable bonds is 4. The zero-order valence-electron chi connectivity index (χ0n) is 16.6. The molecule has 0 spiro atoms. The Morgan fingerprint density at radius 1 is 1.21 bits per heavy atom. The molecule has 0 unspecified atom stereocenters. The first kappa shape index (κ1) is 19.6. The van der Waals surface area contributed by atoms with E-state index >= 15 is 0 Å². The Morgan fingerprint density at radius 3 is 2.57 bits per heavy atom. The van der Waals surface area contributed by atoms with Crippen molar-refractivity contribution in [1.29, 1.82) is 5.26 Å².